The molecule has 0 unspecified atom stereocenters. The van der Waals surface area contributed by atoms with Gasteiger partial charge in [0.25, 0.3) is 0 Å². The van der Waals surface area contributed by atoms with E-state index in [-0.39, 0.29) is 0 Å². The Bertz CT molecular complexity index is 122. The van der Waals surface area contributed by atoms with E-state index in [0.717, 1.165) is 5.57 Å². The Labute approximate surface area is 49.5 Å². The SMILES string of the molecule is CN=C/C=C(/C)C=N. The maximum absolute atomic E-state index is 6.73. The predicted molar refractivity (Wildman–Crippen MR) is 37.0 cm³/mol. The van der Waals surface area contributed by atoms with Crippen LogP contribution in [0.15, 0.2) is 16.6 Å². The highest BCUT2D eigenvalue weighted by Gasteiger charge is 1.72. The van der Waals surface area contributed by atoms with Crippen LogP contribution < -0.4 is 0 Å². The van der Waals surface area contributed by atoms with Crippen molar-refractivity contribution in [3.8, 4) is 0 Å². The van der Waals surface area contributed by atoms with E-state index < -0.39 is 0 Å². The monoisotopic (exact) mass is 110 g/mol. The first kappa shape index (κ1) is 7.08. The molecule has 0 rings (SSSR count). The zero-order valence-corrected chi connectivity index (χ0v) is 5.18. The summed E-state index contributed by atoms with van der Waals surface area (Å²) >= 11 is 0. The Morgan fingerprint density at radius 3 is 2.62 bits per heavy atom. The summed E-state index contributed by atoms with van der Waals surface area (Å²) in [5, 5.41) is 6.73. The molecule has 0 aromatic rings. The molecule has 0 amide bonds. The van der Waals surface area contributed by atoms with Crippen LogP contribution in [0.25, 0.3) is 0 Å². The van der Waals surface area contributed by atoms with Crippen LogP contribution in [0.2, 0.25) is 0 Å². The van der Waals surface area contributed by atoms with Crippen LogP contribution in [0.5, 0.6) is 0 Å². The highest BCUT2D eigenvalue weighted by molar-refractivity contribution is 5.84. The summed E-state index contributed by atoms with van der Waals surface area (Å²) in [6, 6.07) is 0. The van der Waals surface area contributed by atoms with Crippen LogP contribution >= 0.6 is 0 Å². The van der Waals surface area contributed by atoms with Crippen molar-refractivity contribution in [3.63, 3.8) is 0 Å². The lowest BCUT2D eigenvalue weighted by Gasteiger charge is -1.79. The second-order valence-electron chi connectivity index (χ2n) is 1.46. The van der Waals surface area contributed by atoms with Crippen LogP contribution in [-0.4, -0.2) is 19.5 Å². The summed E-state index contributed by atoms with van der Waals surface area (Å²) in [4.78, 5) is 3.72. The molecule has 0 saturated carbocycles. The fraction of sp³-hybridized carbons (Fsp3) is 0.333. The Morgan fingerprint density at radius 1 is 1.62 bits per heavy atom. The van der Waals surface area contributed by atoms with Crippen molar-refractivity contribution in [1.82, 2.24) is 0 Å². The highest BCUT2D eigenvalue weighted by Crippen LogP contribution is 1.80. The van der Waals surface area contributed by atoms with E-state index in [9.17, 15) is 0 Å². The van der Waals surface area contributed by atoms with E-state index in [0.29, 0.717) is 0 Å². The van der Waals surface area contributed by atoms with E-state index in [4.69, 9.17) is 5.41 Å². The first-order valence-corrected chi connectivity index (χ1v) is 2.40. The van der Waals surface area contributed by atoms with Gasteiger partial charge in [0.1, 0.15) is 0 Å². The van der Waals surface area contributed by atoms with Gasteiger partial charge in [-0.25, -0.2) is 0 Å². The molecule has 0 aliphatic carbocycles. The maximum atomic E-state index is 6.73. The molecule has 0 aliphatic heterocycles. The molecule has 0 fully saturated rings. The van der Waals surface area contributed by atoms with Crippen LogP contribution in [0.1, 0.15) is 6.92 Å². The van der Waals surface area contributed by atoms with Crippen molar-refractivity contribution in [2.75, 3.05) is 7.05 Å². The van der Waals surface area contributed by atoms with Crippen molar-refractivity contribution < 1.29 is 0 Å². The van der Waals surface area contributed by atoms with E-state index in [1.54, 1.807) is 19.3 Å². The molecule has 2 heteroatoms. The Morgan fingerprint density at radius 2 is 2.25 bits per heavy atom. The van der Waals surface area contributed by atoms with Gasteiger partial charge in [-0.05, 0) is 18.6 Å². The van der Waals surface area contributed by atoms with Gasteiger partial charge in [-0.3, -0.25) is 4.99 Å². The number of hydrogen-bond acceptors (Lipinski definition) is 2. The first-order valence-electron chi connectivity index (χ1n) is 2.40. The van der Waals surface area contributed by atoms with Crippen molar-refractivity contribution in [1.29, 1.82) is 5.41 Å². The summed E-state index contributed by atoms with van der Waals surface area (Å²) in [6.45, 7) is 1.86. The summed E-state index contributed by atoms with van der Waals surface area (Å²) in [7, 11) is 1.70. The molecule has 0 radical (unpaired) electrons. The number of nitrogens with one attached hydrogen (secondary N) is 1. The van der Waals surface area contributed by atoms with Crippen molar-refractivity contribution >= 4 is 12.4 Å². The van der Waals surface area contributed by atoms with Crippen molar-refractivity contribution in [2.24, 2.45) is 4.99 Å². The second-order valence-corrected chi connectivity index (χ2v) is 1.46. The molecule has 44 valence electrons. The van der Waals surface area contributed by atoms with Gasteiger partial charge >= 0.3 is 0 Å². The molecule has 0 spiro atoms. The number of rotatable bonds is 2. The lowest BCUT2D eigenvalue weighted by Crippen LogP contribution is -1.74. The molecule has 0 saturated heterocycles. The van der Waals surface area contributed by atoms with Gasteiger partial charge in [0.2, 0.25) is 0 Å². The average molecular weight is 110 g/mol. The average Bonchev–Trinajstić information content (AvgIpc) is 1.83. The third kappa shape index (κ3) is 3.28. The summed E-state index contributed by atoms with van der Waals surface area (Å²) in [6.07, 6.45) is 4.75. The fourth-order valence-corrected chi connectivity index (χ4v) is 0.240. The molecular formula is C6H10N2. The number of allylic oxidation sites excluding steroid dienone is 2. The van der Waals surface area contributed by atoms with E-state index in [1.807, 2.05) is 6.92 Å². The summed E-state index contributed by atoms with van der Waals surface area (Å²) in [5.74, 6) is 0. The predicted octanol–water partition coefficient (Wildman–Crippen LogP) is 1.28. The highest BCUT2D eigenvalue weighted by atomic mass is 14.6. The van der Waals surface area contributed by atoms with E-state index in [2.05, 4.69) is 4.99 Å². The van der Waals surface area contributed by atoms with Crippen LogP contribution in [0.3, 0.4) is 0 Å². The Kier molecular flexibility index (Phi) is 3.76. The maximum Gasteiger partial charge on any atom is 0.0277 e. The molecule has 2 nitrogen and oxygen atoms in total. The molecule has 0 aromatic heterocycles. The minimum Gasteiger partial charge on any atom is -0.308 e. The van der Waals surface area contributed by atoms with E-state index in [1.165, 1.54) is 6.21 Å². The number of aliphatic imine (C=N–C) groups is 1. The lowest BCUT2D eigenvalue weighted by molar-refractivity contribution is 1.46. The lowest BCUT2D eigenvalue weighted by atomic mass is 10.3. The van der Waals surface area contributed by atoms with Gasteiger partial charge in [-0.2, -0.15) is 0 Å². The zero-order chi connectivity index (χ0) is 6.41. The van der Waals surface area contributed by atoms with Gasteiger partial charge in [0.05, 0.1) is 0 Å². The zero-order valence-electron chi connectivity index (χ0n) is 5.18. The van der Waals surface area contributed by atoms with Gasteiger partial charge in [0.15, 0.2) is 0 Å². The number of hydrogen-bond donors (Lipinski definition) is 1. The summed E-state index contributed by atoms with van der Waals surface area (Å²) < 4.78 is 0. The normalized spacial score (nSPS) is 12.5. The molecule has 8 heavy (non-hydrogen) atoms. The Hall–Kier alpha value is -0.920. The van der Waals surface area contributed by atoms with Crippen molar-refractivity contribution in [2.45, 2.75) is 6.92 Å². The van der Waals surface area contributed by atoms with Crippen LogP contribution in [0, 0.1) is 5.41 Å². The third-order valence-corrected chi connectivity index (χ3v) is 0.714. The molecule has 0 bridgehead atoms. The second kappa shape index (κ2) is 4.24. The standard InChI is InChI=1S/C6H10N2/c1-6(5-7)3-4-8-2/h3-5,7H,1-2H3/b6-3-,7-5?,8-4?. The fourth-order valence-electron chi connectivity index (χ4n) is 0.240. The van der Waals surface area contributed by atoms with Gasteiger partial charge in [0, 0.05) is 19.5 Å². The molecule has 1 N–H and O–H groups in total. The minimum atomic E-state index is 0.913. The summed E-state index contributed by atoms with van der Waals surface area (Å²) in [5.41, 5.74) is 0.913. The van der Waals surface area contributed by atoms with Crippen LogP contribution in [0.4, 0.5) is 0 Å². The Balaban J connectivity index is 3.74. The number of nitrogens with zero attached hydrogens (tertiary/aromatic N) is 1. The molecule has 0 heterocycles. The minimum absolute atomic E-state index is 0.913. The first-order chi connectivity index (χ1) is 3.81. The third-order valence-electron chi connectivity index (χ3n) is 0.714. The topological polar surface area (TPSA) is 36.2 Å². The molecule has 0 aliphatic rings. The molecule has 0 atom stereocenters. The smallest absolute Gasteiger partial charge is 0.0277 e. The molecular weight excluding hydrogens is 100 g/mol. The van der Waals surface area contributed by atoms with Crippen molar-refractivity contribution in [3.05, 3.63) is 11.6 Å². The van der Waals surface area contributed by atoms with Gasteiger partial charge in [-0.15, -0.1) is 0 Å². The van der Waals surface area contributed by atoms with Gasteiger partial charge < -0.3 is 5.41 Å². The largest absolute Gasteiger partial charge is 0.308 e. The molecule has 0 aromatic carbocycles. The van der Waals surface area contributed by atoms with Crippen LogP contribution in [-0.2, 0) is 0 Å². The van der Waals surface area contributed by atoms with Gasteiger partial charge in [-0.1, -0.05) is 0 Å². The quantitative estimate of drug-likeness (QED) is 0.520. The van der Waals surface area contributed by atoms with E-state index >= 15 is 0 Å².